The minimum Gasteiger partial charge on any atom is -0.497 e. The van der Waals surface area contributed by atoms with E-state index >= 15 is 0 Å². The summed E-state index contributed by atoms with van der Waals surface area (Å²) < 4.78 is 25.5. The molecular weight excluding hydrogens is 1080 g/mol. The molecule has 85 heavy (non-hydrogen) atoms. The second-order valence-electron chi connectivity index (χ2n) is 23.1. The van der Waals surface area contributed by atoms with E-state index in [0.717, 1.165) is 58.6 Å². The quantitative estimate of drug-likeness (QED) is 0.0433. The average molecular weight is 1160 g/mol. The third-order valence-electron chi connectivity index (χ3n) is 17.5. The van der Waals surface area contributed by atoms with E-state index < -0.39 is 37.1 Å². The first kappa shape index (κ1) is 61.2. The van der Waals surface area contributed by atoms with Gasteiger partial charge in [-0.1, -0.05) is 86.1 Å². The first-order valence-electron chi connectivity index (χ1n) is 29.5. The zero-order valence-corrected chi connectivity index (χ0v) is 49.3. The van der Waals surface area contributed by atoms with Crippen LogP contribution in [-0.4, -0.2) is 215 Å². The summed E-state index contributed by atoms with van der Waals surface area (Å²) in [6, 6.07) is 43.7. The van der Waals surface area contributed by atoms with Gasteiger partial charge in [-0.3, -0.25) is 19.6 Å². The van der Waals surface area contributed by atoms with E-state index in [4.69, 9.17) is 9.47 Å². The number of β-amino-alcohol motifs (C(OH)–C–C–N with tert-alkyl or cyclic N) is 2. The summed E-state index contributed by atoms with van der Waals surface area (Å²) in [6.07, 6.45) is -6.56. The Morgan fingerprint density at radius 1 is 0.553 bits per heavy atom. The predicted molar refractivity (Wildman–Crippen MR) is 329 cm³/mol. The smallest absolute Gasteiger partial charge is 0.184 e. The molecular formula is C68H81FN8O8. The zero-order chi connectivity index (χ0) is 59.9. The topological polar surface area (TPSA) is 183 Å². The first-order chi connectivity index (χ1) is 41.1. The van der Waals surface area contributed by atoms with Crippen molar-refractivity contribution in [1.29, 1.82) is 0 Å². The Balaban J connectivity index is 0.844. The molecule has 448 valence electrons. The second kappa shape index (κ2) is 27.6. The molecule has 0 radical (unpaired) electrons. The minimum absolute atomic E-state index is 0.0262. The van der Waals surface area contributed by atoms with Crippen LogP contribution in [0.2, 0.25) is 0 Å². The van der Waals surface area contributed by atoms with Crippen LogP contribution in [0, 0.1) is 29.5 Å². The molecule has 8 N–H and O–H groups in total. The third-order valence-corrected chi connectivity index (χ3v) is 17.5. The van der Waals surface area contributed by atoms with Crippen molar-refractivity contribution in [3.8, 4) is 46.3 Å². The lowest BCUT2D eigenvalue weighted by molar-refractivity contribution is -0.134. The molecule has 0 amide bonds. The van der Waals surface area contributed by atoms with E-state index in [-0.39, 0.29) is 54.9 Å². The molecule has 4 heterocycles. The molecule has 12 atom stereocenters. The highest BCUT2D eigenvalue weighted by Gasteiger charge is 2.53. The Hall–Kier alpha value is -6.91. The number of hydrogen-bond acceptors (Lipinski definition) is 16. The number of nitrogens with one attached hydrogen (secondary N) is 2. The van der Waals surface area contributed by atoms with Gasteiger partial charge in [0.15, 0.2) is 12.7 Å². The van der Waals surface area contributed by atoms with Gasteiger partial charge >= 0.3 is 0 Å². The van der Waals surface area contributed by atoms with Crippen molar-refractivity contribution in [2.24, 2.45) is 0 Å². The molecule has 0 aromatic heterocycles. The van der Waals surface area contributed by atoms with Gasteiger partial charge in [-0.25, -0.2) is 4.39 Å². The molecule has 0 saturated carbocycles. The standard InChI is InChI=1S/C68H81FN8O8/c1-7-73(8-2)37-57-66(59-39-74(40-60(78)63(81)43-77(57)59)67(82)70-51-28-31-53(84-5)32-29-51)49-24-19-44(20-25-49)16-17-46-12-11-14-50(34-46)54-35-52(30-33-64(54)85-6)71-68(83)75-38-58-65(56(36-72(3)4)76(58)42-62(80)61(79)41-75)48-26-21-45(22-27-48)18-23-47-13-9-10-15-55(47)69/h9-15,19-22,24-35,56-63,65-68,70-71,78-83H,7-8,36-43H2,1-6H3/t56-,57-,58+,59+,60-,61+,62-,63+,65+,66+,67?,68?/m1/s1. The highest BCUT2D eigenvalue weighted by molar-refractivity contribution is 5.75. The number of ether oxygens (including phenoxy) is 2. The van der Waals surface area contributed by atoms with Gasteiger partial charge < -0.3 is 60.5 Å². The maximum atomic E-state index is 14.3. The zero-order valence-electron chi connectivity index (χ0n) is 49.3. The summed E-state index contributed by atoms with van der Waals surface area (Å²) in [4.78, 5) is 12.7. The van der Waals surface area contributed by atoms with E-state index in [2.05, 4.69) is 104 Å². The summed E-state index contributed by atoms with van der Waals surface area (Å²) in [7, 11) is 7.27. The van der Waals surface area contributed by atoms with Crippen molar-refractivity contribution >= 4 is 11.4 Å². The number of benzene rings is 6. The number of likely N-dealkylation sites (N-methyl/N-ethyl adjacent to an activating group) is 2. The molecule has 0 aliphatic carbocycles. The fraction of sp³-hybridized carbons (Fsp3) is 0.412. The summed E-state index contributed by atoms with van der Waals surface area (Å²) >= 11 is 0. The Morgan fingerprint density at radius 3 is 1.61 bits per heavy atom. The van der Waals surface area contributed by atoms with E-state index in [1.54, 1.807) is 37.3 Å². The van der Waals surface area contributed by atoms with Gasteiger partial charge in [0.25, 0.3) is 0 Å². The molecule has 0 bridgehead atoms. The number of methoxy groups -OCH3 is 2. The van der Waals surface area contributed by atoms with Crippen LogP contribution in [0.1, 0.15) is 59.1 Å². The molecule has 4 aliphatic rings. The van der Waals surface area contributed by atoms with Crippen molar-refractivity contribution in [2.75, 3.05) is 104 Å². The van der Waals surface area contributed by atoms with Crippen molar-refractivity contribution in [3.63, 3.8) is 0 Å². The number of rotatable bonds is 17. The SMILES string of the molecule is CCN(CC)C[C@@H]1[C@H](c2ccc(C#Cc3cccc(-c4cc(NC(O)N5C[C@H](O)[C@H](O)CN6[C@H](CN(C)C)[C@H](c7ccc(C#Cc8ccccc8F)cc7)[C@@H]6C5)ccc4OC)c3)cc2)[C@@H]2CN(C(O)Nc3ccc(OC)cc3)C[C@@H](O)[C@@H](O)CN12. The van der Waals surface area contributed by atoms with Gasteiger partial charge in [-0.15, -0.1) is 0 Å². The number of aliphatic hydroxyl groups excluding tert-OH is 6. The number of nitrogens with zero attached hydrogens (tertiary/aromatic N) is 6. The molecule has 4 aliphatic heterocycles. The molecule has 10 rings (SSSR count). The predicted octanol–water partition coefficient (Wildman–Crippen LogP) is 5.34. The monoisotopic (exact) mass is 1160 g/mol. The van der Waals surface area contributed by atoms with Crippen LogP contribution in [0.4, 0.5) is 15.8 Å². The summed E-state index contributed by atoms with van der Waals surface area (Å²) in [6.45, 7) is 9.15. The molecule has 16 nitrogen and oxygen atoms in total. The summed E-state index contributed by atoms with van der Waals surface area (Å²) in [5, 5.41) is 75.2. The van der Waals surface area contributed by atoms with Crippen LogP contribution in [0.3, 0.4) is 0 Å². The maximum absolute atomic E-state index is 14.3. The van der Waals surface area contributed by atoms with E-state index in [1.165, 1.54) is 6.07 Å². The molecule has 4 fully saturated rings. The first-order valence-corrected chi connectivity index (χ1v) is 29.5. The number of aliphatic hydroxyl groups is 6. The molecule has 6 aromatic rings. The van der Waals surface area contributed by atoms with Crippen LogP contribution in [-0.2, 0) is 0 Å². The fourth-order valence-electron chi connectivity index (χ4n) is 12.9. The van der Waals surface area contributed by atoms with Gasteiger partial charge in [0.05, 0.1) is 44.2 Å². The lowest BCUT2D eigenvalue weighted by Crippen LogP contribution is -2.72. The van der Waals surface area contributed by atoms with Gasteiger partial charge in [0.1, 0.15) is 17.3 Å². The largest absolute Gasteiger partial charge is 0.497 e. The number of fused-ring (bicyclic) bond motifs is 2. The Morgan fingerprint density at radius 2 is 1.07 bits per heavy atom. The fourth-order valence-corrected chi connectivity index (χ4v) is 12.9. The Labute approximate surface area is 499 Å². The summed E-state index contributed by atoms with van der Waals surface area (Å²) in [5.74, 6) is 13.9. The number of halogens is 1. The lowest BCUT2D eigenvalue weighted by Gasteiger charge is -2.59. The maximum Gasteiger partial charge on any atom is 0.184 e. The van der Waals surface area contributed by atoms with E-state index in [1.807, 2.05) is 97.9 Å². The van der Waals surface area contributed by atoms with Crippen molar-refractivity contribution in [2.45, 2.75) is 87.0 Å². The van der Waals surface area contributed by atoms with Gasteiger partial charge in [0, 0.05) is 122 Å². The minimum atomic E-state index is -1.23. The normalized spacial score (nSPS) is 25.4. The van der Waals surface area contributed by atoms with E-state index in [9.17, 15) is 35.0 Å². The molecule has 17 heteroatoms. The average Bonchev–Trinajstić information content (AvgIpc) is 2.94. The van der Waals surface area contributed by atoms with Gasteiger partial charge in [-0.05, 0) is 135 Å². The highest BCUT2D eigenvalue weighted by Crippen LogP contribution is 2.45. The van der Waals surface area contributed by atoms with E-state index in [0.29, 0.717) is 61.2 Å². The van der Waals surface area contributed by atoms with Crippen molar-refractivity contribution in [1.82, 2.24) is 29.4 Å². The number of anilines is 2. The molecule has 6 aromatic carbocycles. The van der Waals surface area contributed by atoms with Crippen LogP contribution >= 0.6 is 0 Å². The van der Waals surface area contributed by atoms with Crippen molar-refractivity contribution in [3.05, 3.63) is 179 Å². The van der Waals surface area contributed by atoms with Crippen LogP contribution < -0.4 is 20.1 Å². The highest BCUT2D eigenvalue weighted by atomic mass is 19.1. The van der Waals surface area contributed by atoms with Crippen LogP contribution in [0.25, 0.3) is 11.1 Å². The Bertz CT molecular complexity index is 3310. The summed E-state index contributed by atoms with van der Waals surface area (Å²) in [5.41, 5.74) is 7.91. The molecule has 0 spiro atoms. The third kappa shape index (κ3) is 14.2. The second-order valence-corrected chi connectivity index (χ2v) is 23.1. The van der Waals surface area contributed by atoms with Crippen LogP contribution in [0.15, 0.2) is 140 Å². The van der Waals surface area contributed by atoms with Gasteiger partial charge in [-0.2, -0.15) is 0 Å². The lowest BCUT2D eigenvalue weighted by atomic mass is 9.73. The van der Waals surface area contributed by atoms with Crippen molar-refractivity contribution < 1.29 is 44.5 Å². The molecule has 4 saturated heterocycles. The molecule has 2 unspecified atom stereocenters. The number of hydrogen-bond donors (Lipinski definition) is 8. The van der Waals surface area contributed by atoms with Gasteiger partial charge in [0.2, 0.25) is 0 Å². The Kier molecular flexibility index (Phi) is 19.9. The van der Waals surface area contributed by atoms with Crippen LogP contribution in [0.5, 0.6) is 11.5 Å².